The lowest BCUT2D eigenvalue weighted by atomic mass is 9.44. The first-order valence-corrected chi connectivity index (χ1v) is 11.4. The summed E-state index contributed by atoms with van der Waals surface area (Å²) in [4.78, 5) is 0. The molecule has 0 heterocycles. The Balaban J connectivity index is 6.23. The Morgan fingerprint density at radius 1 is 0.692 bits per heavy atom. The van der Waals surface area contributed by atoms with E-state index < -0.39 is 0 Å². The van der Waals surface area contributed by atoms with Crippen molar-refractivity contribution in [1.29, 1.82) is 0 Å². The van der Waals surface area contributed by atoms with Gasteiger partial charge in [0.25, 0.3) is 0 Å². The van der Waals surface area contributed by atoms with Crippen molar-refractivity contribution in [3.05, 3.63) is 0 Å². The lowest BCUT2D eigenvalue weighted by molar-refractivity contribution is -0.119. The molecule has 0 fully saturated rings. The van der Waals surface area contributed by atoms with Crippen LogP contribution in [-0.4, -0.2) is 0 Å². The van der Waals surface area contributed by atoms with Gasteiger partial charge >= 0.3 is 0 Å². The molecule has 0 aliphatic carbocycles. The molecule has 0 aliphatic heterocycles. The van der Waals surface area contributed by atoms with Gasteiger partial charge in [0.05, 0.1) is 0 Å². The minimum Gasteiger partial charge on any atom is -0.0654 e. The first kappa shape index (κ1) is 26.0. The molecule has 0 aromatic heterocycles. The Bertz CT molecular complexity index is 416. The molecule has 0 saturated heterocycles. The molecule has 0 nitrogen and oxygen atoms in total. The predicted molar refractivity (Wildman–Crippen MR) is 122 cm³/mol. The highest BCUT2D eigenvalue weighted by atomic mass is 14.6. The first-order valence-electron chi connectivity index (χ1n) is 11.4. The monoisotopic (exact) mass is 366 g/mol. The summed E-state index contributed by atoms with van der Waals surface area (Å²) in [6.45, 7) is 34.7. The van der Waals surface area contributed by atoms with E-state index in [4.69, 9.17) is 0 Å². The number of hydrogen-bond donors (Lipinski definition) is 0. The molecular formula is C26H54. The van der Waals surface area contributed by atoms with Crippen LogP contribution < -0.4 is 0 Å². The summed E-state index contributed by atoms with van der Waals surface area (Å²) in [6, 6.07) is 0. The van der Waals surface area contributed by atoms with E-state index in [1.807, 2.05) is 0 Å². The van der Waals surface area contributed by atoms with Gasteiger partial charge in [0.15, 0.2) is 0 Å². The average Bonchev–Trinajstić information content (AvgIpc) is 2.40. The van der Waals surface area contributed by atoms with Crippen molar-refractivity contribution >= 4 is 0 Å². The SMILES string of the molecule is CCCC(CC)C(C)(CC(C)(C)CC(C)(C)C)C(C)(C)C(C)(C)C(C)C. The van der Waals surface area contributed by atoms with Crippen molar-refractivity contribution in [3.63, 3.8) is 0 Å². The standard InChI is InChI=1S/C26H54/c1-15-17-21(16-2)26(14,19-23(8,9)18-22(5,6)7)25(12,13)24(10,11)20(3)4/h20-21H,15-19H2,1-14H3. The maximum atomic E-state index is 2.64. The topological polar surface area (TPSA) is 0 Å². The summed E-state index contributed by atoms with van der Waals surface area (Å²) in [7, 11) is 0. The molecule has 0 saturated carbocycles. The highest BCUT2D eigenvalue weighted by Crippen LogP contribution is 2.63. The zero-order valence-electron chi connectivity index (χ0n) is 21.2. The van der Waals surface area contributed by atoms with E-state index in [0.29, 0.717) is 27.6 Å². The van der Waals surface area contributed by atoms with Crippen molar-refractivity contribution in [2.45, 2.75) is 129 Å². The van der Waals surface area contributed by atoms with Crippen LogP contribution in [0.1, 0.15) is 129 Å². The number of hydrogen-bond acceptors (Lipinski definition) is 0. The van der Waals surface area contributed by atoms with Gasteiger partial charge < -0.3 is 0 Å². The summed E-state index contributed by atoms with van der Waals surface area (Å²) in [5.74, 6) is 1.47. The Labute approximate surface area is 168 Å². The highest BCUT2D eigenvalue weighted by molar-refractivity contribution is 5.04. The quantitative estimate of drug-likeness (QED) is 0.361. The van der Waals surface area contributed by atoms with Crippen LogP contribution in [0.25, 0.3) is 0 Å². The zero-order chi connectivity index (χ0) is 21.2. The molecule has 0 bridgehead atoms. The molecular weight excluding hydrogens is 312 g/mol. The summed E-state index contributed by atoms with van der Waals surface area (Å²) in [6.07, 6.45) is 6.56. The van der Waals surface area contributed by atoms with E-state index in [9.17, 15) is 0 Å². The van der Waals surface area contributed by atoms with Crippen molar-refractivity contribution in [3.8, 4) is 0 Å². The third-order valence-electron chi connectivity index (χ3n) is 8.37. The van der Waals surface area contributed by atoms with Crippen molar-refractivity contribution in [2.24, 2.45) is 38.9 Å². The van der Waals surface area contributed by atoms with E-state index in [1.54, 1.807) is 0 Å². The van der Waals surface area contributed by atoms with Crippen LogP contribution in [-0.2, 0) is 0 Å². The van der Waals surface area contributed by atoms with Crippen LogP contribution in [0.3, 0.4) is 0 Å². The summed E-state index contributed by atoms with van der Waals surface area (Å²) >= 11 is 0. The molecule has 26 heavy (non-hydrogen) atoms. The lowest BCUT2D eigenvalue weighted by Gasteiger charge is -2.61. The minimum atomic E-state index is 0.277. The van der Waals surface area contributed by atoms with Crippen molar-refractivity contribution in [2.75, 3.05) is 0 Å². The van der Waals surface area contributed by atoms with Crippen LogP contribution in [0.2, 0.25) is 0 Å². The largest absolute Gasteiger partial charge is 0.0654 e. The maximum Gasteiger partial charge on any atom is -0.0236 e. The van der Waals surface area contributed by atoms with Gasteiger partial charge in [0.1, 0.15) is 0 Å². The van der Waals surface area contributed by atoms with Gasteiger partial charge in [0, 0.05) is 0 Å². The second-order valence-electron chi connectivity index (χ2n) is 12.9. The fourth-order valence-electron chi connectivity index (χ4n) is 6.15. The van der Waals surface area contributed by atoms with Crippen LogP contribution in [0.5, 0.6) is 0 Å². The minimum absolute atomic E-state index is 0.277. The normalized spacial score (nSPS) is 18.1. The van der Waals surface area contributed by atoms with E-state index in [1.165, 1.54) is 32.1 Å². The van der Waals surface area contributed by atoms with Gasteiger partial charge in [-0.2, -0.15) is 0 Å². The molecule has 2 atom stereocenters. The molecule has 0 spiro atoms. The van der Waals surface area contributed by atoms with Gasteiger partial charge in [-0.1, -0.05) is 116 Å². The van der Waals surface area contributed by atoms with Gasteiger partial charge in [-0.3, -0.25) is 0 Å². The summed E-state index contributed by atoms with van der Waals surface area (Å²) < 4.78 is 0. The molecule has 0 aromatic carbocycles. The fourth-order valence-corrected chi connectivity index (χ4v) is 6.15. The molecule has 0 aromatic rings. The average molecular weight is 367 g/mol. The van der Waals surface area contributed by atoms with Gasteiger partial charge in [-0.25, -0.2) is 0 Å². The molecule has 0 N–H and O–H groups in total. The lowest BCUT2D eigenvalue weighted by Crippen LogP contribution is -2.53. The molecule has 0 amide bonds. The maximum absolute atomic E-state index is 2.64. The van der Waals surface area contributed by atoms with Crippen LogP contribution >= 0.6 is 0 Å². The van der Waals surface area contributed by atoms with E-state index >= 15 is 0 Å². The first-order chi connectivity index (χ1) is 11.4. The second-order valence-corrected chi connectivity index (χ2v) is 12.9. The molecule has 0 radical (unpaired) electrons. The van der Waals surface area contributed by atoms with Gasteiger partial charge in [0.2, 0.25) is 0 Å². The molecule has 0 aliphatic rings. The van der Waals surface area contributed by atoms with Gasteiger partial charge in [-0.15, -0.1) is 0 Å². The second kappa shape index (κ2) is 8.57. The Kier molecular flexibility index (Phi) is 8.57. The summed E-state index contributed by atoms with van der Waals surface area (Å²) in [5, 5.41) is 0. The molecule has 0 rings (SSSR count). The van der Waals surface area contributed by atoms with Crippen LogP contribution in [0.4, 0.5) is 0 Å². The molecule has 2 unspecified atom stereocenters. The van der Waals surface area contributed by atoms with Crippen LogP contribution in [0.15, 0.2) is 0 Å². The van der Waals surface area contributed by atoms with E-state index in [0.717, 1.165) is 5.92 Å². The smallest absolute Gasteiger partial charge is 0.0236 e. The van der Waals surface area contributed by atoms with Crippen LogP contribution in [0, 0.1) is 38.9 Å². The molecule has 158 valence electrons. The van der Waals surface area contributed by atoms with Crippen molar-refractivity contribution < 1.29 is 0 Å². The zero-order valence-corrected chi connectivity index (χ0v) is 21.2. The Morgan fingerprint density at radius 2 is 1.15 bits per heavy atom. The highest BCUT2D eigenvalue weighted by Gasteiger charge is 2.55. The Hall–Kier alpha value is 0. The number of rotatable bonds is 10. The van der Waals surface area contributed by atoms with E-state index in [-0.39, 0.29) is 5.41 Å². The van der Waals surface area contributed by atoms with Gasteiger partial charge in [-0.05, 0) is 51.8 Å². The third kappa shape index (κ3) is 5.75. The third-order valence-corrected chi connectivity index (χ3v) is 8.37. The predicted octanol–water partition coefficient (Wildman–Crippen LogP) is 9.38. The fraction of sp³-hybridized carbons (Fsp3) is 1.00. The van der Waals surface area contributed by atoms with Crippen molar-refractivity contribution in [1.82, 2.24) is 0 Å². The Morgan fingerprint density at radius 3 is 1.46 bits per heavy atom. The van der Waals surface area contributed by atoms with E-state index in [2.05, 4.69) is 96.9 Å². The molecule has 0 heteroatoms. The summed E-state index contributed by atoms with van der Waals surface area (Å²) in [5.41, 5.74) is 1.66.